The molecule has 1 aromatic heterocycles. The summed E-state index contributed by atoms with van der Waals surface area (Å²) in [6, 6.07) is 7.98. The number of nitrogens with one attached hydrogen (secondary N) is 1. The van der Waals surface area contributed by atoms with Crippen LogP contribution in [0.15, 0.2) is 30.6 Å². The van der Waals surface area contributed by atoms with Gasteiger partial charge in [0, 0.05) is 45.4 Å². The van der Waals surface area contributed by atoms with Gasteiger partial charge in [-0.3, -0.25) is 0 Å². The van der Waals surface area contributed by atoms with Gasteiger partial charge in [0.1, 0.15) is 12.1 Å². The highest BCUT2D eigenvalue weighted by atomic mass is 16.5. The van der Waals surface area contributed by atoms with Crippen molar-refractivity contribution in [1.29, 1.82) is 0 Å². The second-order valence-corrected chi connectivity index (χ2v) is 5.02. The van der Waals surface area contributed by atoms with Crippen molar-refractivity contribution in [1.82, 2.24) is 15.3 Å². The second kappa shape index (κ2) is 5.46. The zero-order chi connectivity index (χ0) is 13.9. The number of anilines is 1. The fraction of sp³-hybridized carbons (Fsp3) is 0.333. The van der Waals surface area contributed by atoms with Crippen LogP contribution in [-0.4, -0.2) is 30.6 Å². The van der Waals surface area contributed by atoms with Crippen molar-refractivity contribution in [3.63, 3.8) is 0 Å². The summed E-state index contributed by atoms with van der Waals surface area (Å²) in [6.07, 6.45) is 2.50. The molecule has 0 saturated carbocycles. The Morgan fingerprint density at radius 3 is 3.00 bits per heavy atom. The van der Waals surface area contributed by atoms with E-state index in [-0.39, 0.29) is 0 Å². The first-order valence-corrected chi connectivity index (χ1v) is 6.73. The maximum absolute atomic E-state index is 5.95. The van der Waals surface area contributed by atoms with E-state index < -0.39 is 0 Å². The van der Waals surface area contributed by atoms with Crippen LogP contribution >= 0.6 is 0 Å². The number of fused-ring (bicyclic) bond motifs is 1. The maximum Gasteiger partial charge on any atom is 0.227 e. The first kappa shape index (κ1) is 12.9. The molecule has 0 fully saturated rings. The van der Waals surface area contributed by atoms with Gasteiger partial charge in [-0.1, -0.05) is 6.07 Å². The molecule has 2 aromatic rings. The van der Waals surface area contributed by atoms with Gasteiger partial charge in [-0.2, -0.15) is 0 Å². The third kappa shape index (κ3) is 2.58. The molecule has 20 heavy (non-hydrogen) atoms. The molecular weight excluding hydrogens is 252 g/mol. The van der Waals surface area contributed by atoms with Gasteiger partial charge < -0.3 is 15.0 Å². The molecule has 5 heteroatoms. The molecule has 3 rings (SSSR count). The molecule has 2 heterocycles. The highest BCUT2D eigenvalue weighted by molar-refractivity contribution is 5.50. The fourth-order valence-electron chi connectivity index (χ4n) is 2.27. The largest absolute Gasteiger partial charge is 0.438 e. The van der Waals surface area contributed by atoms with E-state index in [2.05, 4.69) is 15.3 Å². The molecule has 0 radical (unpaired) electrons. The third-order valence-corrected chi connectivity index (χ3v) is 3.38. The Morgan fingerprint density at radius 1 is 1.25 bits per heavy atom. The summed E-state index contributed by atoms with van der Waals surface area (Å²) in [5, 5.41) is 3.33. The third-order valence-electron chi connectivity index (χ3n) is 3.38. The second-order valence-electron chi connectivity index (χ2n) is 5.02. The molecule has 5 nitrogen and oxygen atoms in total. The number of benzene rings is 1. The van der Waals surface area contributed by atoms with Crippen LogP contribution < -0.4 is 15.0 Å². The SMILES string of the molecule is CN(C)c1cccc(Oc2ncnc3c2CNCC3)c1. The van der Waals surface area contributed by atoms with Crippen molar-refractivity contribution >= 4 is 5.69 Å². The Kier molecular flexibility index (Phi) is 3.52. The molecule has 0 aliphatic carbocycles. The zero-order valence-electron chi connectivity index (χ0n) is 11.8. The Balaban J connectivity index is 1.90. The minimum absolute atomic E-state index is 0.651. The lowest BCUT2D eigenvalue weighted by atomic mass is 10.1. The first-order chi connectivity index (χ1) is 9.74. The van der Waals surface area contributed by atoms with E-state index in [4.69, 9.17) is 4.74 Å². The molecule has 0 bridgehead atoms. The van der Waals surface area contributed by atoms with E-state index in [0.29, 0.717) is 5.88 Å². The van der Waals surface area contributed by atoms with Gasteiger partial charge in [-0.05, 0) is 12.1 Å². The monoisotopic (exact) mass is 270 g/mol. The van der Waals surface area contributed by atoms with Crippen molar-refractivity contribution in [2.75, 3.05) is 25.5 Å². The summed E-state index contributed by atoms with van der Waals surface area (Å²) in [5.74, 6) is 1.45. The molecule has 1 aliphatic rings. The minimum Gasteiger partial charge on any atom is -0.438 e. The highest BCUT2D eigenvalue weighted by Gasteiger charge is 2.16. The van der Waals surface area contributed by atoms with Crippen LogP contribution in [0.4, 0.5) is 5.69 Å². The Labute approximate surface area is 118 Å². The van der Waals surface area contributed by atoms with E-state index in [1.807, 2.05) is 43.3 Å². The fourth-order valence-corrected chi connectivity index (χ4v) is 2.27. The molecule has 0 unspecified atom stereocenters. The minimum atomic E-state index is 0.651. The molecule has 104 valence electrons. The van der Waals surface area contributed by atoms with Crippen LogP contribution in [0.3, 0.4) is 0 Å². The summed E-state index contributed by atoms with van der Waals surface area (Å²) < 4.78 is 5.95. The number of rotatable bonds is 3. The average molecular weight is 270 g/mol. The number of nitrogens with zero attached hydrogens (tertiary/aromatic N) is 3. The Hall–Kier alpha value is -2.14. The average Bonchev–Trinajstić information content (AvgIpc) is 2.48. The van der Waals surface area contributed by atoms with Crippen molar-refractivity contribution in [2.24, 2.45) is 0 Å². The van der Waals surface area contributed by atoms with Gasteiger partial charge in [0.15, 0.2) is 0 Å². The number of hydrogen-bond donors (Lipinski definition) is 1. The summed E-state index contributed by atoms with van der Waals surface area (Å²) in [4.78, 5) is 10.6. The van der Waals surface area contributed by atoms with Gasteiger partial charge in [0.05, 0.1) is 11.3 Å². The first-order valence-electron chi connectivity index (χ1n) is 6.73. The number of aromatic nitrogens is 2. The van der Waals surface area contributed by atoms with Gasteiger partial charge in [0.25, 0.3) is 0 Å². The van der Waals surface area contributed by atoms with E-state index in [1.54, 1.807) is 6.33 Å². The summed E-state index contributed by atoms with van der Waals surface area (Å²) in [6.45, 7) is 1.72. The Morgan fingerprint density at radius 2 is 2.15 bits per heavy atom. The molecular formula is C15H18N4O. The lowest BCUT2D eigenvalue weighted by Gasteiger charge is -2.19. The smallest absolute Gasteiger partial charge is 0.227 e. The predicted molar refractivity (Wildman–Crippen MR) is 78.3 cm³/mol. The van der Waals surface area contributed by atoms with E-state index in [9.17, 15) is 0 Å². The number of ether oxygens (including phenoxy) is 1. The van der Waals surface area contributed by atoms with Crippen LogP contribution in [-0.2, 0) is 13.0 Å². The molecule has 0 amide bonds. The van der Waals surface area contributed by atoms with Crippen LogP contribution in [0.1, 0.15) is 11.3 Å². The Bertz CT molecular complexity index is 613. The summed E-state index contributed by atoms with van der Waals surface area (Å²) >= 11 is 0. The van der Waals surface area contributed by atoms with Crippen molar-refractivity contribution in [3.05, 3.63) is 41.9 Å². The summed E-state index contributed by atoms with van der Waals surface area (Å²) in [7, 11) is 4.02. The lowest BCUT2D eigenvalue weighted by molar-refractivity contribution is 0.444. The van der Waals surface area contributed by atoms with Gasteiger partial charge in [-0.15, -0.1) is 0 Å². The zero-order valence-corrected chi connectivity index (χ0v) is 11.8. The normalized spacial score (nSPS) is 13.7. The van der Waals surface area contributed by atoms with Crippen LogP contribution in [0, 0.1) is 0 Å². The lowest BCUT2D eigenvalue weighted by Crippen LogP contribution is -2.25. The van der Waals surface area contributed by atoms with Gasteiger partial charge in [0.2, 0.25) is 5.88 Å². The van der Waals surface area contributed by atoms with E-state index in [1.165, 1.54) is 0 Å². The van der Waals surface area contributed by atoms with Crippen molar-refractivity contribution in [2.45, 2.75) is 13.0 Å². The quantitative estimate of drug-likeness (QED) is 0.924. The van der Waals surface area contributed by atoms with Gasteiger partial charge in [-0.25, -0.2) is 9.97 Å². The van der Waals surface area contributed by atoms with E-state index >= 15 is 0 Å². The molecule has 0 atom stereocenters. The topological polar surface area (TPSA) is 50.3 Å². The predicted octanol–water partition coefficient (Wildman–Crippen LogP) is 1.98. The molecule has 0 spiro atoms. The van der Waals surface area contributed by atoms with E-state index in [0.717, 1.165) is 42.2 Å². The van der Waals surface area contributed by atoms with Crippen LogP contribution in [0.5, 0.6) is 11.6 Å². The maximum atomic E-state index is 5.95. The van der Waals surface area contributed by atoms with Crippen LogP contribution in [0.2, 0.25) is 0 Å². The highest BCUT2D eigenvalue weighted by Crippen LogP contribution is 2.28. The van der Waals surface area contributed by atoms with Crippen molar-refractivity contribution in [3.8, 4) is 11.6 Å². The molecule has 0 saturated heterocycles. The molecule has 1 N–H and O–H groups in total. The van der Waals surface area contributed by atoms with Crippen LogP contribution in [0.25, 0.3) is 0 Å². The van der Waals surface area contributed by atoms with Gasteiger partial charge >= 0.3 is 0 Å². The molecule has 1 aliphatic heterocycles. The molecule has 1 aromatic carbocycles. The number of hydrogen-bond acceptors (Lipinski definition) is 5. The van der Waals surface area contributed by atoms with Crippen molar-refractivity contribution < 1.29 is 4.74 Å². The summed E-state index contributed by atoms with van der Waals surface area (Å²) in [5.41, 5.74) is 3.25. The standard InChI is InChI=1S/C15H18N4O/c1-19(2)11-4-3-5-12(8-11)20-15-13-9-16-7-6-14(13)17-10-18-15/h3-5,8,10,16H,6-7,9H2,1-2H3.